The van der Waals surface area contributed by atoms with Crippen molar-refractivity contribution in [2.75, 3.05) is 7.11 Å². The van der Waals surface area contributed by atoms with Crippen molar-refractivity contribution in [3.05, 3.63) is 51.7 Å². The lowest BCUT2D eigenvalue weighted by Gasteiger charge is -2.07. The molecular weight excluding hydrogens is 277 g/mol. The van der Waals surface area contributed by atoms with E-state index in [1.807, 2.05) is 0 Å². The lowest BCUT2D eigenvalue weighted by Crippen LogP contribution is -2.06. The second kappa shape index (κ2) is 5.05. The summed E-state index contributed by atoms with van der Waals surface area (Å²) >= 11 is 1.19. The highest BCUT2D eigenvalue weighted by Gasteiger charge is 2.30. The number of carbonyl (C=O) groups excluding carboxylic acids is 1. The smallest absolute Gasteiger partial charge is 0.416 e. The first-order chi connectivity index (χ1) is 8.93. The molecule has 2 aromatic rings. The van der Waals surface area contributed by atoms with Gasteiger partial charge in [0.2, 0.25) is 5.78 Å². The van der Waals surface area contributed by atoms with Crippen LogP contribution in [0.3, 0.4) is 0 Å². The van der Waals surface area contributed by atoms with Crippen LogP contribution < -0.4 is 4.74 Å². The fraction of sp³-hybridized carbons (Fsp3) is 0.154. The molecule has 0 fully saturated rings. The van der Waals surface area contributed by atoms with Crippen molar-refractivity contribution in [1.82, 2.24) is 0 Å². The Kier molecular flexibility index (Phi) is 3.61. The average Bonchev–Trinajstić information content (AvgIpc) is 2.85. The van der Waals surface area contributed by atoms with E-state index in [1.54, 1.807) is 11.4 Å². The van der Waals surface area contributed by atoms with Crippen LogP contribution in [0.15, 0.2) is 35.7 Å². The molecule has 0 radical (unpaired) electrons. The first-order valence-electron chi connectivity index (χ1n) is 5.27. The van der Waals surface area contributed by atoms with Gasteiger partial charge in [-0.3, -0.25) is 4.79 Å². The van der Waals surface area contributed by atoms with E-state index >= 15 is 0 Å². The van der Waals surface area contributed by atoms with Gasteiger partial charge in [0, 0.05) is 5.56 Å². The summed E-state index contributed by atoms with van der Waals surface area (Å²) in [5, 5.41) is 1.69. The van der Waals surface area contributed by atoms with E-state index in [0.717, 1.165) is 12.1 Å². The quantitative estimate of drug-likeness (QED) is 0.797. The van der Waals surface area contributed by atoms with Gasteiger partial charge in [0.25, 0.3) is 0 Å². The molecule has 0 saturated heterocycles. The summed E-state index contributed by atoms with van der Waals surface area (Å²) in [6.45, 7) is 0. The third-order valence-corrected chi connectivity index (χ3v) is 3.42. The SMILES string of the molecule is COc1ccsc1C(=O)c1ccc(C(F)(F)F)cc1. The standard InChI is InChI=1S/C13H9F3O2S/c1-18-10-6-7-19-12(10)11(17)8-2-4-9(5-3-8)13(14,15)16/h2-7H,1H3. The number of carbonyl (C=O) groups is 1. The Labute approximate surface area is 111 Å². The Bertz CT molecular complexity index is 585. The van der Waals surface area contributed by atoms with Gasteiger partial charge >= 0.3 is 6.18 Å². The van der Waals surface area contributed by atoms with Crippen LogP contribution in [0.2, 0.25) is 0 Å². The lowest BCUT2D eigenvalue weighted by molar-refractivity contribution is -0.137. The van der Waals surface area contributed by atoms with E-state index in [-0.39, 0.29) is 11.3 Å². The number of ether oxygens (including phenoxy) is 1. The zero-order valence-corrected chi connectivity index (χ0v) is 10.6. The number of benzene rings is 1. The molecule has 1 heterocycles. The third kappa shape index (κ3) is 2.78. The van der Waals surface area contributed by atoms with E-state index in [4.69, 9.17) is 4.74 Å². The molecule has 19 heavy (non-hydrogen) atoms. The summed E-state index contributed by atoms with van der Waals surface area (Å²) in [6, 6.07) is 5.78. The molecule has 0 amide bonds. The van der Waals surface area contributed by atoms with Gasteiger partial charge in [-0.2, -0.15) is 13.2 Å². The van der Waals surface area contributed by atoms with Crippen LogP contribution in [0.5, 0.6) is 5.75 Å². The molecular formula is C13H9F3O2S. The van der Waals surface area contributed by atoms with Gasteiger partial charge in [0.05, 0.1) is 12.7 Å². The van der Waals surface area contributed by atoms with Crippen LogP contribution in [0.25, 0.3) is 0 Å². The summed E-state index contributed by atoms with van der Waals surface area (Å²) < 4.78 is 42.2. The largest absolute Gasteiger partial charge is 0.495 e. The Morgan fingerprint density at radius 1 is 1.16 bits per heavy atom. The van der Waals surface area contributed by atoms with Crippen LogP contribution in [0.4, 0.5) is 13.2 Å². The molecule has 0 unspecified atom stereocenters. The number of ketones is 1. The van der Waals surface area contributed by atoms with E-state index in [1.165, 1.54) is 30.6 Å². The average molecular weight is 286 g/mol. The number of thiophene rings is 1. The molecule has 0 saturated carbocycles. The maximum Gasteiger partial charge on any atom is 0.416 e. The highest BCUT2D eigenvalue weighted by atomic mass is 32.1. The molecule has 0 N–H and O–H groups in total. The molecule has 1 aromatic carbocycles. The van der Waals surface area contributed by atoms with E-state index in [0.29, 0.717) is 10.6 Å². The molecule has 0 aliphatic carbocycles. The minimum atomic E-state index is -4.40. The number of halogens is 3. The van der Waals surface area contributed by atoms with Crippen LogP contribution >= 0.6 is 11.3 Å². The summed E-state index contributed by atoms with van der Waals surface area (Å²) in [4.78, 5) is 12.5. The van der Waals surface area contributed by atoms with Gasteiger partial charge in [-0.05, 0) is 23.6 Å². The van der Waals surface area contributed by atoms with Crippen molar-refractivity contribution in [3.63, 3.8) is 0 Å². The summed E-state index contributed by atoms with van der Waals surface area (Å²) in [5.74, 6) is 0.0791. The molecule has 2 nitrogen and oxygen atoms in total. The normalized spacial score (nSPS) is 11.4. The van der Waals surface area contributed by atoms with E-state index in [2.05, 4.69) is 0 Å². The van der Waals surface area contributed by atoms with Crippen molar-refractivity contribution in [1.29, 1.82) is 0 Å². The van der Waals surface area contributed by atoms with Gasteiger partial charge in [0.1, 0.15) is 10.6 Å². The van der Waals surface area contributed by atoms with Gasteiger partial charge in [-0.25, -0.2) is 0 Å². The predicted octanol–water partition coefficient (Wildman–Crippen LogP) is 4.01. The molecule has 0 bridgehead atoms. The van der Waals surface area contributed by atoms with Crippen molar-refractivity contribution < 1.29 is 22.7 Å². The molecule has 0 aliphatic heterocycles. The summed E-state index contributed by atoms with van der Waals surface area (Å²) in [6.07, 6.45) is -4.40. The van der Waals surface area contributed by atoms with Gasteiger partial charge in [-0.15, -0.1) is 11.3 Å². The van der Waals surface area contributed by atoms with E-state index < -0.39 is 11.7 Å². The van der Waals surface area contributed by atoms with Crippen molar-refractivity contribution in [2.45, 2.75) is 6.18 Å². The molecule has 6 heteroatoms. The van der Waals surface area contributed by atoms with E-state index in [9.17, 15) is 18.0 Å². The molecule has 0 aliphatic rings. The topological polar surface area (TPSA) is 26.3 Å². The van der Waals surface area contributed by atoms with Crippen molar-refractivity contribution in [2.24, 2.45) is 0 Å². The summed E-state index contributed by atoms with van der Waals surface area (Å²) in [5.41, 5.74) is -0.573. The fourth-order valence-electron chi connectivity index (χ4n) is 1.57. The second-order valence-corrected chi connectivity index (χ2v) is 4.64. The van der Waals surface area contributed by atoms with Crippen LogP contribution in [0.1, 0.15) is 20.8 Å². The minimum Gasteiger partial charge on any atom is -0.495 e. The number of alkyl halides is 3. The third-order valence-electron chi connectivity index (χ3n) is 2.53. The number of methoxy groups -OCH3 is 1. The highest BCUT2D eigenvalue weighted by Crippen LogP contribution is 2.31. The Morgan fingerprint density at radius 2 is 1.79 bits per heavy atom. The Balaban J connectivity index is 2.30. The number of hydrogen-bond donors (Lipinski definition) is 0. The zero-order valence-electron chi connectivity index (χ0n) is 9.82. The van der Waals surface area contributed by atoms with Crippen molar-refractivity contribution in [3.8, 4) is 5.75 Å². The molecule has 100 valence electrons. The zero-order chi connectivity index (χ0) is 14.0. The van der Waals surface area contributed by atoms with Gasteiger partial charge < -0.3 is 4.74 Å². The molecule has 0 atom stereocenters. The van der Waals surface area contributed by atoms with Crippen LogP contribution in [0, 0.1) is 0 Å². The maximum atomic E-state index is 12.4. The second-order valence-electron chi connectivity index (χ2n) is 3.72. The Morgan fingerprint density at radius 3 is 2.32 bits per heavy atom. The number of hydrogen-bond acceptors (Lipinski definition) is 3. The lowest BCUT2D eigenvalue weighted by atomic mass is 10.1. The first kappa shape index (κ1) is 13.6. The molecule has 2 rings (SSSR count). The minimum absolute atomic E-state index is 0.203. The van der Waals surface area contributed by atoms with Gasteiger partial charge in [0.15, 0.2) is 0 Å². The maximum absolute atomic E-state index is 12.4. The van der Waals surface area contributed by atoms with Gasteiger partial charge in [-0.1, -0.05) is 12.1 Å². The fourth-order valence-corrected chi connectivity index (χ4v) is 2.39. The monoisotopic (exact) mass is 286 g/mol. The van der Waals surface area contributed by atoms with Crippen LogP contribution in [-0.2, 0) is 6.18 Å². The van der Waals surface area contributed by atoms with Crippen molar-refractivity contribution >= 4 is 17.1 Å². The predicted molar refractivity (Wildman–Crippen MR) is 65.7 cm³/mol. The Hall–Kier alpha value is -1.82. The number of rotatable bonds is 3. The molecule has 1 aromatic heterocycles. The molecule has 0 spiro atoms. The summed E-state index contributed by atoms with van der Waals surface area (Å²) in [7, 11) is 1.44. The first-order valence-corrected chi connectivity index (χ1v) is 6.15. The van der Waals surface area contributed by atoms with Crippen LogP contribution in [-0.4, -0.2) is 12.9 Å². The highest BCUT2D eigenvalue weighted by molar-refractivity contribution is 7.12.